The number of nitrogens with zero attached hydrogens (tertiary/aromatic N) is 3. The maximum atomic E-state index is 12.1. The molecule has 7 nitrogen and oxygen atoms in total. The molecule has 0 saturated carbocycles. The molecule has 2 N–H and O–H groups in total. The topological polar surface area (TPSA) is 77.6 Å². The van der Waals surface area contributed by atoms with E-state index in [0.717, 1.165) is 36.5 Å². The lowest BCUT2D eigenvalue weighted by Crippen LogP contribution is -2.50. The second-order valence-corrected chi connectivity index (χ2v) is 7.69. The van der Waals surface area contributed by atoms with Crippen molar-refractivity contribution in [3.8, 4) is 0 Å². The fourth-order valence-corrected chi connectivity index (χ4v) is 3.38. The number of amides is 2. The predicted molar refractivity (Wildman–Crippen MR) is 114 cm³/mol. The summed E-state index contributed by atoms with van der Waals surface area (Å²) < 4.78 is 0.794. The van der Waals surface area contributed by atoms with Crippen molar-refractivity contribution in [1.82, 2.24) is 15.2 Å². The van der Waals surface area contributed by atoms with Gasteiger partial charge in [-0.2, -0.15) is 0 Å². The van der Waals surface area contributed by atoms with Crippen LogP contribution in [-0.4, -0.2) is 61.0 Å². The maximum absolute atomic E-state index is 12.1. The molecule has 1 aromatic carbocycles. The number of hydrogen-bond donors (Lipinski definition) is 2. The van der Waals surface area contributed by atoms with Crippen LogP contribution in [0.3, 0.4) is 0 Å². The number of piperazine rings is 1. The molecule has 0 unspecified atom stereocenters. The Morgan fingerprint density at radius 1 is 1.07 bits per heavy atom. The van der Waals surface area contributed by atoms with Gasteiger partial charge in [0, 0.05) is 36.8 Å². The molecule has 1 aliphatic heterocycles. The molecule has 0 bridgehead atoms. The van der Waals surface area contributed by atoms with Gasteiger partial charge in [-0.25, -0.2) is 4.98 Å². The van der Waals surface area contributed by atoms with Gasteiger partial charge < -0.3 is 15.5 Å². The highest BCUT2D eigenvalue weighted by Gasteiger charge is 2.20. The number of carbonyl (C=O) groups excluding carboxylic acids is 2. The second-order valence-electron chi connectivity index (χ2n) is 6.40. The van der Waals surface area contributed by atoms with Crippen molar-refractivity contribution < 1.29 is 9.59 Å². The van der Waals surface area contributed by atoms with Crippen LogP contribution in [0.4, 0.5) is 11.5 Å². The monoisotopic (exact) mass is 465 g/mol. The lowest BCUT2D eigenvalue weighted by atomic mass is 10.3. The van der Waals surface area contributed by atoms with E-state index in [1.165, 1.54) is 0 Å². The molecule has 0 aliphatic carbocycles. The van der Waals surface area contributed by atoms with E-state index in [1.807, 2.05) is 30.3 Å². The first-order valence-corrected chi connectivity index (χ1v) is 10.1. The molecule has 0 spiro atoms. The van der Waals surface area contributed by atoms with E-state index < -0.39 is 0 Å². The summed E-state index contributed by atoms with van der Waals surface area (Å²) in [7, 11) is 0. The Morgan fingerprint density at radius 3 is 2.50 bits per heavy atom. The molecule has 1 saturated heterocycles. The zero-order valence-corrected chi connectivity index (χ0v) is 17.5. The van der Waals surface area contributed by atoms with Crippen molar-refractivity contribution in [2.75, 3.05) is 49.5 Å². The van der Waals surface area contributed by atoms with Gasteiger partial charge in [0.25, 0.3) is 0 Å². The number of benzene rings is 1. The Kier molecular flexibility index (Phi) is 7.24. The third kappa shape index (κ3) is 5.92. The predicted octanol–water partition coefficient (Wildman–Crippen LogP) is 2.37. The third-order valence-electron chi connectivity index (χ3n) is 4.37. The molecule has 1 aromatic heterocycles. The highest BCUT2D eigenvalue weighted by atomic mass is 79.9. The van der Waals surface area contributed by atoms with Crippen molar-refractivity contribution in [1.29, 1.82) is 0 Å². The number of carbonyl (C=O) groups is 2. The number of aromatic nitrogens is 1. The molecule has 148 valence electrons. The van der Waals surface area contributed by atoms with E-state index in [2.05, 4.69) is 41.3 Å². The second kappa shape index (κ2) is 9.86. The first-order valence-electron chi connectivity index (χ1n) is 8.91. The Morgan fingerprint density at radius 2 is 1.82 bits per heavy atom. The minimum absolute atomic E-state index is 0.0607. The summed E-state index contributed by atoms with van der Waals surface area (Å²) in [5.41, 5.74) is 0.675. The van der Waals surface area contributed by atoms with Crippen LogP contribution in [0.1, 0.15) is 0 Å². The summed E-state index contributed by atoms with van der Waals surface area (Å²) in [5, 5.41) is 6.04. The van der Waals surface area contributed by atoms with Crippen molar-refractivity contribution >= 4 is 50.9 Å². The third-order valence-corrected chi connectivity index (χ3v) is 5.28. The largest absolute Gasteiger partial charge is 0.354 e. The quantitative estimate of drug-likeness (QED) is 0.683. The number of halogens is 2. The molecule has 28 heavy (non-hydrogen) atoms. The first-order chi connectivity index (χ1) is 13.5. The molecule has 0 radical (unpaired) electrons. The number of nitrogens with one attached hydrogen (secondary N) is 2. The average molecular weight is 467 g/mol. The minimum atomic E-state index is -0.265. The number of hydrogen-bond acceptors (Lipinski definition) is 5. The summed E-state index contributed by atoms with van der Waals surface area (Å²) in [6.45, 7) is 3.27. The summed E-state index contributed by atoms with van der Waals surface area (Å²) >= 11 is 9.24. The van der Waals surface area contributed by atoms with Crippen LogP contribution < -0.4 is 15.5 Å². The van der Waals surface area contributed by atoms with E-state index in [1.54, 1.807) is 12.3 Å². The molecule has 9 heteroatoms. The molecule has 3 rings (SSSR count). The van der Waals surface area contributed by atoms with E-state index in [0.29, 0.717) is 10.7 Å². The standard InChI is InChI=1S/C19H21BrClN5O2/c20-15-3-1-2-4-16(15)24-18(27)12-23-19(28)13-25-7-9-26(10-8-25)17-6-5-14(21)11-22-17/h1-6,11H,7-10,12-13H2,(H,23,28)(H,24,27). The Hall–Kier alpha value is -2.16. The van der Waals surface area contributed by atoms with Crippen molar-refractivity contribution in [3.05, 3.63) is 52.1 Å². The van der Waals surface area contributed by atoms with Gasteiger partial charge in [0.15, 0.2) is 0 Å². The molecule has 1 aliphatic rings. The SMILES string of the molecule is O=C(CN1CCN(c2ccc(Cl)cn2)CC1)NCC(=O)Nc1ccccc1Br. The molecule has 2 aromatic rings. The molecular weight excluding hydrogens is 446 g/mol. The van der Waals surface area contributed by atoms with Gasteiger partial charge >= 0.3 is 0 Å². The molecule has 2 heterocycles. The normalized spacial score (nSPS) is 14.6. The highest BCUT2D eigenvalue weighted by molar-refractivity contribution is 9.10. The van der Waals surface area contributed by atoms with E-state index in [-0.39, 0.29) is 24.9 Å². The fourth-order valence-electron chi connectivity index (χ4n) is 2.88. The number of anilines is 2. The van der Waals surface area contributed by atoms with Crippen molar-refractivity contribution in [2.24, 2.45) is 0 Å². The van der Waals surface area contributed by atoms with Crippen molar-refractivity contribution in [2.45, 2.75) is 0 Å². The average Bonchev–Trinajstić information content (AvgIpc) is 2.69. The van der Waals surface area contributed by atoms with Crippen LogP contribution in [0.25, 0.3) is 0 Å². The first kappa shape index (κ1) is 20.6. The molecular formula is C19H21BrClN5O2. The summed E-state index contributed by atoms with van der Waals surface area (Å²) in [5.74, 6) is 0.455. The van der Waals surface area contributed by atoms with Gasteiger partial charge in [-0.05, 0) is 40.2 Å². The Labute approximate surface area is 177 Å². The van der Waals surface area contributed by atoms with E-state index in [4.69, 9.17) is 11.6 Å². The van der Waals surface area contributed by atoms with E-state index >= 15 is 0 Å². The van der Waals surface area contributed by atoms with Crippen LogP contribution in [0, 0.1) is 0 Å². The van der Waals surface area contributed by atoms with Crippen LogP contribution in [0.5, 0.6) is 0 Å². The van der Waals surface area contributed by atoms with Crippen LogP contribution in [0.15, 0.2) is 47.1 Å². The van der Waals surface area contributed by atoms with Crippen molar-refractivity contribution in [3.63, 3.8) is 0 Å². The van der Waals surface area contributed by atoms with Gasteiger partial charge in [0.2, 0.25) is 11.8 Å². The van der Waals surface area contributed by atoms with Gasteiger partial charge in [0.05, 0.1) is 23.8 Å². The highest BCUT2D eigenvalue weighted by Crippen LogP contribution is 2.20. The molecule has 0 atom stereocenters. The summed E-state index contributed by atoms with van der Waals surface area (Å²) in [6, 6.07) is 11.0. The van der Waals surface area contributed by atoms with E-state index in [9.17, 15) is 9.59 Å². The summed E-state index contributed by atoms with van der Waals surface area (Å²) in [4.78, 5) is 32.7. The van der Waals surface area contributed by atoms with Gasteiger partial charge in [-0.3, -0.25) is 14.5 Å². The van der Waals surface area contributed by atoms with Crippen LogP contribution in [0.2, 0.25) is 5.02 Å². The number of rotatable bonds is 6. The molecule has 2 amide bonds. The lowest BCUT2D eigenvalue weighted by Gasteiger charge is -2.34. The lowest BCUT2D eigenvalue weighted by molar-refractivity contribution is -0.125. The summed E-state index contributed by atoms with van der Waals surface area (Å²) in [6.07, 6.45) is 1.63. The number of pyridine rings is 1. The smallest absolute Gasteiger partial charge is 0.243 e. The molecule has 1 fully saturated rings. The zero-order valence-electron chi connectivity index (χ0n) is 15.2. The number of para-hydroxylation sites is 1. The van der Waals surface area contributed by atoms with Gasteiger partial charge in [-0.1, -0.05) is 23.7 Å². The van der Waals surface area contributed by atoms with Gasteiger partial charge in [-0.15, -0.1) is 0 Å². The van der Waals surface area contributed by atoms with Crippen LogP contribution in [-0.2, 0) is 9.59 Å². The fraction of sp³-hybridized carbons (Fsp3) is 0.316. The minimum Gasteiger partial charge on any atom is -0.354 e. The zero-order chi connectivity index (χ0) is 19.9. The van der Waals surface area contributed by atoms with Crippen LogP contribution >= 0.6 is 27.5 Å². The Balaban J connectivity index is 1.38. The maximum Gasteiger partial charge on any atom is 0.243 e. The van der Waals surface area contributed by atoms with Gasteiger partial charge in [0.1, 0.15) is 5.82 Å². The Bertz CT molecular complexity index is 825.